The van der Waals surface area contributed by atoms with Gasteiger partial charge >= 0.3 is 0 Å². The number of hydrogen-bond donors (Lipinski definition) is 1. The Morgan fingerprint density at radius 1 is 1.48 bits per heavy atom. The van der Waals surface area contributed by atoms with Gasteiger partial charge in [-0.15, -0.1) is 0 Å². The summed E-state index contributed by atoms with van der Waals surface area (Å²) in [5, 5.41) is 2.80. The number of rotatable bonds is 8. The summed E-state index contributed by atoms with van der Waals surface area (Å²) in [7, 11) is -3.35. The molecule has 0 bridgehead atoms. The first-order chi connectivity index (χ1) is 11.0. The molecule has 0 aromatic carbocycles. The second kappa shape index (κ2) is 8.47. The van der Waals surface area contributed by atoms with Crippen molar-refractivity contribution in [1.29, 1.82) is 0 Å². The molecule has 0 spiro atoms. The van der Waals surface area contributed by atoms with E-state index in [0.29, 0.717) is 39.1 Å². The van der Waals surface area contributed by atoms with E-state index < -0.39 is 16.1 Å². The van der Waals surface area contributed by atoms with Crippen LogP contribution in [0.1, 0.15) is 31.4 Å². The molecule has 0 radical (unpaired) electrons. The fraction of sp³-hybridized carbons (Fsp3) is 0.667. The molecular weight excluding hydrogens is 320 g/mol. The highest BCUT2D eigenvalue weighted by Crippen LogP contribution is 2.19. The smallest absolute Gasteiger partial charge is 0.238 e. The van der Waals surface area contributed by atoms with Gasteiger partial charge in [-0.2, -0.15) is 4.31 Å². The lowest BCUT2D eigenvalue weighted by molar-refractivity contribution is -0.125. The maximum Gasteiger partial charge on any atom is 0.238 e. The molecule has 1 N–H and O–H groups in total. The average molecular weight is 344 g/mol. The van der Waals surface area contributed by atoms with Crippen LogP contribution in [-0.4, -0.2) is 50.6 Å². The zero-order valence-electron chi connectivity index (χ0n) is 13.4. The highest BCUT2D eigenvalue weighted by molar-refractivity contribution is 7.88. The van der Waals surface area contributed by atoms with E-state index in [2.05, 4.69) is 5.32 Å². The van der Waals surface area contributed by atoms with Crippen LogP contribution in [0, 0.1) is 0 Å². The number of ether oxygens (including phenoxy) is 1. The number of amides is 1. The van der Waals surface area contributed by atoms with Gasteiger partial charge in [0, 0.05) is 19.7 Å². The Morgan fingerprint density at radius 2 is 2.30 bits per heavy atom. The summed E-state index contributed by atoms with van der Waals surface area (Å²) in [4.78, 5) is 12.2. The van der Waals surface area contributed by atoms with Gasteiger partial charge in [-0.25, -0.2) is 8.42 Å². The maximum absolute atomic E-state index is 12.2. The van der Waals surface area contributed by atoms with Crippen LogP contribution in [0.3, 0.4) is 0 Å². The minimum Gasteiger partial charge on any atom is -0.467 e. The Hall–Kier alpha value is -1.38. The number of carbonyl (C=O) groups excluding carboxylic acids is 1. The van der Waals surface area contributed by atoms with Crippen molar-refractivity contribution in [1.82, 2.24) is 9.62 Å². The molecule has 8 heteroatoms. The van der Waals surface area contributed by atoms with Crippen LogP contribution in [0.25, 0.3) is 0 Å². The van der Waals surface area contributed by atoms with Crippen molar-refractivity contribution in [3.05, 3.63) is 24.2 Å². The Morgan fingerprint density at radius 3 is 3.00 bits per heavy atom. The van der Waals surface area contributed by atoms with Crippen LogP contribution in [0.15, 0.2) is 22.8 Å². The van der Waals surface area contributed by atoms with Crippen LogP contribution in [0.4, 0.5) is 0 Å². The summed E-state index contributed by atoms with van der Waals surface area (Å²) in [6.07, 6.45) is 5.66. The van der Waals surface area contributed by atoms with Crippen molar-refractivity contribution >= 4 is 15.9 Å². The number of hydrogen-bond acceptors (Lipinski definition) is 5. The first kappa shape index (κ1) is 18.0. The summed E-state index contributed by atoms with van der Waals surface area (Å²) >= 11 is 0. The number of sulfonamides is 1. The molecule has 1 atom stereocenters. The molecule has 1 saturated heterocycles. The third kappa shape index (κ3) is 5.63. The van der Waals surface area contributed by atoms with Crippen molar-refractivity contribution in [2.75, 3.05) is 26.0 Å². The molecule has 1 unspecified atom stereocenters. The van der Waals surface area contributed by atoms with Crippen molar-refractivity contribution in [2.24, 2.45) is 0 Å². The maximum atomic E-state index is 12.2. The normalized spacial score (nSPS) is 19.6. The Kier molecular flexibility index (Phi) is 6.61. The van der Waals surface area contributed by atoms with Crippen molar-refractivity contribution in [2.45, 2.75) is 38.3 Å². The highest BCUT2D eigenvalue weighted by atomic mass is 32.2. The summed E-state index contributed by atoms with van der Waals surface area (Å²) in [6.45, 7) is 1.79. The molecule has 0 aliphatic carbocycles. The molecule has 1 fully saturated rings. The summed E-state index contributed by atoms with van der Waals surface area (Å²) in [5.41, 5.74) is 0. The predicted molar refractivity (Wildman–Crippen MR) is 85.2 cm³/mol. The van der Waals surface area contributed by atoms with E-state index in [1.165, 1.54) is 4.31 Å². The monoisotopic (exact) mass is 344 g/mol. The van der Waals surface area contributed by atoms with Crippen molar-refractivity contribution in [3.8, 4) is 0 Å². The molecule has 0 saturated carbocycles. The fourth-order valence-corrected chi connectivity index (χ4v) is 3.76. The SMILES string of the molecule is CS(=O)(=O)N1CCCCC1C(=O)NCCCOCc1ccco1. The second-order valence-corrected chi connectivity index (χ2v) is 7.60. The van der Waals surface area contributed by atoms with Gasteiger partial charge in [0.05, 0.1) is 12.5 Å². The minimum absolute atomic E-state index is 0.221. The lowest BCUT2D eigenvalue weighted by Gasteiger charge is -2.32. The molecule has 1 amide bonds. The van der Waals surface area contributed by atoms with Gasteiger partial charge in [-0.1, -0.05) is 6.42 Å². The van der Waals surface area contributed by atoms with E-state index in [4.69, 9.17) is 9.15 Å². The lowest BCUT2D eigenvalue weighted by Crippen LogP contribution is -2.51. The first-order valence-electron chi connectivity index (χ1n) is 7.83. The van der Waals surface area contributed by atoms with Gasteiger partial charge in [0.2, 0.25) is 15.9 Å². The molecular formula is C15H24N2O5S. The van der Waals surface area contributed by atoms with E-state index in [-0.39, 0.29) is 5.91 Å². The third-order valence-electron chi connectivity index (χ3n) is 3.77. The minimum atomic E-state index is -3.35. The molecule has 1 aromatic heterocycles. The molecule has 1 aliphatic rings. The van der Waals surface area contributed by atoms with Crippen LogP contribution in [-0.2, 0) is 26.2 Å². The molecule has 7 nitrogen and oxygen atoms in total. The number of furan rings is 1. The Bertz CT molecular complexity index is 585. The molecule has 1 aromatic rings. The molecule has 1 aliphatic heterocycles. The topological polar surface area (TPSA) is 88.9 Å². The lowest BCUT2D eigenvalue weighted by atomic mass is 10.0. The zero-order chi connectivity index (χ0) is 16.7. The van der Waals surface area contributed by atoms with Crippen LogP contribution in [0.2, 0.25) is 0 Å². The number of piperidine rings is 1. The number of carbonyl (C=O) groups is 1. The standard InChI is InChI=1S/C15H24N2O5S/c1-23(19,20)17-9-3-2-7-14(17)15(18)16-8-5-10-21-12-13-6-4-11-22-13/h4,6,11,14H,2-3,5,7-10,12H2,1H3,(H,16,18). The summed E-state index contributed by atoms with van der Waals surface area (Å²) in [6, 6.07) is 3.06. The van der Waals surface area contributed by atoms with E-state index in [1.54, 1.807) is 12.3 Å². The van der Waals surface area contributed by atoms with Gasteiger partial charge in [-0.05, 0) is 31.4 Å². The molecule has 2 rings (SSSR count). The van der Waals surface area contributed by atoms with E-state index in [0.717, 1.165) is 24.9 Å². The van der Waals surface area contributed by atoms with Gasteiger partial charge < -0.3 is 14.5 Å². The molecule has 23 heavy (non-hydrogen) atoms. The average Bonchev–Trinajstić information content (AvgIpc) is 3.03. The predicted octanol–water partition coefficient (Wildman–Crippen LogP) is 1.12. The Labute approximate surface area is 137 Å². The summed E-state index contributed by atoms with van der Waals surface area (Å²) in [5.74, 6) is 0.543. The van der Waals surface area contributed by atoms with E-state index in [9.17, 15) is 13.2 Å². The Balaban J connectivity index is 1.67. The van der Waals surface area contributed by atoms with E-state index >= 15 is 0 Å². The van der Waals surface area contributed by atoms with Crippen LogP contribution < -0.4 is 5.32 Å². The quantitative estimate of drug-likeness (QED) is 0.714. The van der Waals surface area contributed by atoms with Crippen molar-refractivity contribution in [3.63, 3.8) is 0 Å². The first-order valence-corrected chi connectivity index (χ1v) is 9.68. The second-order valence-electron chi connectivity index (χ2n) is 5.66. The molecule has 2 heterocycles. The zero-order valence-corrected chi connectivity index (χ0v) is 14.2. The summed E-state index contributed by atoms with van der Waals surface area (Å²) < 4.78 is 35.4. The van der Waals surface area contributed by atoms with Crippen LogP contribution >= 0.6 is 0 Å². The van der Waals surface area contributed by atoms with Gasteiger partial charge in [0.25, 0.3) is 0 Å². The highest BCUT2D eigenvalue weighted by Gasteiger charge is 2.34. The van der Waals surface area contributed by atoms with E-state index in [1.807, 2.05) is 6.07 Å². The third-order valence-corrected chi connectivity index (χ3v) is 5.06. The van der Waals surface area contributed by atoms with Gasteiger partial charge in [0.1, 0.15) is 18.4 Å². The van der Waals surface area contributed by atoms with Gasteiger partial charge in [-0.3, -0.25) is 4.79 Å². The van der Waals surface area contributed by atoms with Crippen LogP contribution in [0.5, 0.6) is 0 Å². The van der Waals surface area contributed by atoms with Gasteiger partial charge in [0.15, 0.2) is 0 Å². The van der Waals surface area contributed by atoms with Crippen molar-refractivity contribution < 1.29 is 22.4 Å². The largest absolute Gasteiger partial charge is 0.467 e. The fourth-order valence-electron chi connectivity index (χ4n) is 2.64. The molecule has 130 valence electrons. The number of nitrogens with one attached hydrogen (secondary N) is 1. The number of nitrogens with zero attached hydrogens (tertiary/aromatic N) is 1.